The molecule has 2 amide bonds. The molecule has 0 atom stereocenters. The van der Waals surface area contributed by atoms with Crippen LogP contribution >= 0.6 is 0 Å². The second-order valence-corrected chi connectivity index (χ2v) is 6.29. The molecule has 3 rings (SSSR count). The van der Waals surface area contributed by atoms with Crippen LogP contribution in [-0.2, 0) is 14.3 Å². The van der Waals surface area contributed by atoms with E-state index in [2.05, 4.69) is 15.4 Å². The number of hydrogen-bond donors (Lipinski definition) is 2. The summed E-state index contributed by atoms with van der Waals surface area (Å²) in [4.78, 5) is 36.7. The van der Waals surface area contributed by atoms with Crippen LogP contribution < -0.4 is 15.4 Å². The average molecular weight is 368 g/mol. The van der Waals surface area contributed by atoms with Crippen LogP contribution in [0.2, 0.25) is 0 Å². The van der Waals surface area contributed by atoms with E-state index in [9.17, 15) is 14.4 Å². The van der Waals surface area contributed by atoms with Gasteiger partial charge in [-0.3, -0.25) is 9.59 Å². The highest BCUT2D eigenvalue weighted by Gasteiger charge is 2.56. The predicted molar refractivity (Wildman–Crippen MR) is 99.7 cm³/mol. The summed E-state index contributed by atoms with van der Waals surface area (Å²) in [5, 5.41) is 5.52. The van der Waals surface area contributed by atoms with Gasteiger partial charge in [0.05, 0.1) is 19.8 Å². The van der Waals surface area contributed by atoms with Gasteiger partial charge in [0, 0.05) is 11.4 Å². The molecule has 1 fully saturated rings. The Morgan fingerprint density at radius 1 is 0.815 bits per heavy atom. The van der Waals surface area contributed by atoms with E-state index in [0.717, 1.165) is 0 Å². The molecule has 2 aromatic rings. The van der Waals surface area contributed by atoms with E-state index < -0.39 is 11.4 Å². The van der Waals surface area contributed by atoms with Gasteiger partial charge in [0.2, 0.25) is 11.8 Å². The highest BCUT2D eigenvalue weighted by Crippen LogP contribution is 2.47. The van der Waals surface area contributed by atoms with Crippen LogP contribution in [0.25, 0.3) is 0 Å². The lowest BCUT2D eigenvalue weighted by Crippen LogP contribution is -2.35. The number of anilines is 2. The van der Waals surface area contributed by atoms with Crippen molar-refractivity contribution in [3.05, 3.63) is 54.1 Å². The summed E-state index contributed by atoms with van der Waals surface area (Å²) in [6.45, 7) is 0. The van der Waals surface area contributed by atoms with Crippen molar-refractivity contribution in [1.82, 2.24) is 0 Å². The van der Waals surface area contributed by atoms with Gasteiger partial charge in [0.25, 0.3) is 0 Å². The minimum Gasteiger partial charge on any atom is -0.497 e. The highest BCUT2D eigenvalue weighted by atomic mass is 16.5. The zero-order valence-electron chi connectivity index (χ0n) is 15.1. The summed E-state index contributed by atoms with van der Waals surface area (Å²) >= 11 is 0. The third kappa shape index (κ3) is 3.92. The number of amides is 2. The van der Waals surface area contributed by atoms with Crippen LogP contribution in [0.3, 0.4) is 0 Å². The maximum atomic E-state index is 12.6. The number of esters is 1. The molecule has 0 saturated heterocycles. The molecule has 1 saturated carbocycles. The zero-order valence-corrected chi connectivity index (χ0v) is 15.1. The number of ether oxygens (including phenoxy) is 2. The van der Waals surface area contributed by atoms with Crippen LogP contribution in [0.1, 0.15) is 23.2 Å². The van der Waals surface area contributed by atoms with Crippen molar-refractivity contribution in [3.63, 3.8) is 0 Å². The molecule has 7 nitrogen and oxygen atoms in total. The molecule has 0 aromatic heterocycles. The van der Waals surface area contributed by atoms with Gasteiger partial charge in [-0.15, -0.1) is 0 Å². The lowest BCUT2D eigenvalue weighted by molar-refractivity contribution is -0.131. The molecule has 0 heterocycles. The topological polar surface area (TPSA) is 93.7 Å². The fourth-order valence-electron chi connectivity index (χ4n) is 2.67. The quantitative estimate of drug-likeness (QED) is 0.604. The van der Waals surface area contributed by atoms with Crippen molar-refractivity contribution < 1.29 is 23.9 Å². The van der Waals surface area contributed by atoms with Crippen molar-refractivity contribution >= 4 is 29.2 Å². The van der Waals surface area contributed by atoms with Crippen LogP contribution in [0.15, 0.2) is 48.5 Å². The summed E-state index contributed by atoms with van der Waals surface area (Å²) < 4.78 is 9.72. The van der Waals surface area contributed by atoms with E-state index in [0.29, 0.717) is 35.5 Å². The van der Waals surface area contributed by atoms with E-state index in [4.69, 9.17) is 4.74 Å². The Morgan fingerprint density at radius 2 is 1.30 bits per heavy atom. The van der Waals surface area contributed by atoms with Gasteiger partial charge >= 0.3 is 5.97 Å². The molecule has 0 radical (unpaired) electrons. The molecule has 27 heavy (non-hydrogen) atoms. The smallest absolute Gasteiger partial charge is 0.337 e. The van der Waals surface area contributed by atoms with E-state index in [1.165, 1.54) is 7.11 Å². The zero-order chi connectivity index (χ0) is 19.4. The second-order valence-electron chi connectivity index (χ2n) is 6.29. The maximum Gasteiger partial charge on any atom is 0.337 e. The van der Waals surface area contributed by atoms with Gasteiger partial charge in [-0.2, -0.15) is 0 Å². The molecule has 7 heteroatoms. The third-order valence-electron chi connectivity index (χ3n) is 4.53. The molecule has 0 bridgehead atoms. The Hall–Kier alpha value is -3.35. The first-order valence-electron chi connectivity index (χ1n) is 8.44. The van der Waals surface area contributed by atoms with Crippen LogP contribution in [0, 0.1) is 5.41 Å². The Bertz CT molecular complexity index is 855. The van der Waals surface area contributed by atoms with E-state index in [1.807, 2.05) is 0 Å². The van der Waals surface area contributed by atoms with Crippen LogP contribution in [0.4, 0.5) is 11.4 Å². The van der Waals surface area contributed by atoms with Crippen molar-refractivity contribution in [3.8, 4) is 5.75 Å². The molecule has 140 valence electrons. The largest absolute Gasteiger partial charge is 0.497 e. The van der Waals surface area contributed by atoms with Gasteiger partial charge < -0.3 is 20.1 Å². The fraction of sp³-hybridized carbons (Fsp3) is 0.250. The summed E-state index contributed by atoms with van der Waals surface area (Å²) in [6.07, 6.45) is 0.974. The minimum absolute atomic E-state index is 0.337. The Balaban J connectivity index is 1.64. The van der Waals surface area contributed by atoms with Gasteiger partial charge in [0.1, 0.15) is 11.2 Å². The predicted octanol–water partition coefficient (Wildman–Crippen LogP) is 2.84. The maximum absolute atomic E-state index is 12.6. The van der Waals surface area contributed by atoms with Crippen molar-refractivity contribution in [2.45, 2.75) is 12.8 Å². The fourth-order valence-corrected chi connectivity index (χ4v) is 2.67. The van der Waals surface area contributed by atoms with Crippen molar-refractivity contribution in [2.24, 2.45) is 5.41 Å². The van der Waals surface area contributed by atoms with Crippen molar-refractivity contribution in [1.29, 1.82) is 0 Å². The summed E-state index contributed by atoms with van der Waals surface area (Å²) in [6, 6.07) is 13.2. The summed E-state index contributed by atoms with van der Waals surface area (Å²) in [5.41, 5.74) is 0.424. The number of methoxy groups -OCH3 is 2. The lowest BCUT2D eigenvalue weighted by Gasteiger charge is -2.16. The Labute approximate surface area is 156 Å². The summed E-state index contributed by atoms with van der Waals surface area (Å²) in [5.74, 6) is -0.469. The first-order valence-corrected chi connectivity index (χ1v) is 8.44. The first-order chi connectivity index (χ1) is 13.0. The van der Waals surface area contributed by atoms with Gasteiger partial charge in [-0.25, -0.2) is 4.79 Å². The summed E-state index contributed by atoms with van der Waals surface area (Å²) in [7, 11) is 2.87. The number of rotatable bonds is 6. The van der Waals surface area contributed by atoms with Gasteiger partial charge in [-0.05, 0) is 61.4 Å². The molecule has 0 aliphatic heterocycles. The SMILES string of the molecule is COC(=O)c1ccc(NC(=O)C2(C(=O)Nc3ccc(OC)cc3)CC2)cc1. The number of benzene rings is 2. The van der Waals surface area contributed by atoms with Gasteiger partial charge in [-0.1, -0.05) is 0 Å². The monoisotopic (exact) mass is 368 g/mol. The van der Waals surface area contributed by atoms with Crippen LogP contribution in [0.5, 0.6) is 5.75 Å². The van der Waals surface area contributed by atoms with Gasteiger partial charge in [0.15, 0.2) is 0 Å². The molecule has 1 aliphatic carbocycles. The number of carbonyl (C=O) groups is 3. The standard InChI is InChI=1S/C20H20N2O5/c1-26-16-9-7-15(8-10-16)22-19(25)20(11-12-20)18(24)21-14-5-3-13(4-6-14)17(23)27-2/h3-10H,11-12H2,1-2H3,(H,21,24)(H,22,25). The van der Waals surface area contributed by atoms with E-state index in [1.54, 1.807) is 55.6 Å². The molecule has 1 aliphatic rings. The molecular weight excluding hydrogens is 348 g/mol. The third-order valence-corrected chi connectivity index (χ3v) is 4.53. The molecule has 2 aromatic carbocycles. The van der Waals surface area contributed by atoms with Crippen LogP contribution in [-0.4, -0.2) is 32.0 Å². The number of carbonyl (C=O) groups excluding carboxylic acids is 3. The lowest BCUT2D eigenvalue weighted by atomic mass is 10.0. The average Bonchev–Trinajstić information content (AvgIpc) is 3.51. The van der Waals surface area contributed by atoms with E-state index in [-0.39, 0.29) is 11.8 Å². The number of nitrogens with one attached hydrogen (secondary N) is 2. The van der Waals surface area contributed by atoms with E-state index >= 15 is 0 Å². The molecule has 0 unspecified atom stereocenters. The Kier molecular flexibility index (Phi) is 5.12. The molecule has 0 spiro atoms. The highest BCUT2D eigenvalue weighted by molar-refractivity contribution is 6.17. The van der Waals surface area contributed by atoms with Crippen molar-refractivity contribution in [2.75, 3.05) is 24.9 Å². The second kappa shape index (κ2) is 7.49. The number of hydrogen-bond acceptors (Lipinski definition) is 5. The molecular formula is C20H20N2O5. The first kappa shape index (κ1) is 18.4. The Morgan fingerprint density at radius 3 is 1.70 bits per heavy atom. The normalized spacial score (nSPS) is 14.0. The minimum atomic E-state index is -1.07. The molecule has 2 N–H and O–H groups in total.